The van der Waals surface area contributed by atoms with Crippen molar-refractivity contribution in [3.63, 3.8) is 0 Å². The van der Waals surface area contributed by atoms with Crippen LogP contribution in [0, 0.1) is 19.8 Å². The minimum absolute atomic E-state index is 0.00722. The third kappa shape index (κ3) is 6.82. The lowest BCUT2D eigenvalue weighted by molar-refractivity contribution is -0.189. The highest BCUT2D eigenvalue weighted by atomic mass is 32.2. The van der Waals surface area contributed by atoms with Crippen molar-refractivity contribution in [2.45, 2.75) is 37.8 Å². The molecule has 40 heavy (non-hydrogen) atoms. The van der Waals surface area contributed by atoms with Crippen molar-refractivity contribution in [2.75, 3.05) is 26.0 Å². The zero-order chi connectivity index (χ0) is 29.2. The van der Waals surface area contributed by atoms with Crippen molar-refractivity contribution in [1.82, 2.24) is 9.88 Å². The van der Waals surface area contributed by atoms with Crippen LogP contribution in [0.4, 0.5) is 13.2 Å². The van der Waals surface area contributed by atoms with Crippen molar-refractivity contribution in [3.05, 3.63) is 59.7 Å². The minimum atomic E-state index is -5.24. The van der Waals surface area contributed by atoms with Crippen LogP contribution in [0.2, 0.25) is 0 Å². The number of amides is 1. The van der Waals surface area contributed by atoms with Crippen LogP contribution < -0.4 is 9.47 Å². The number of furan rings is 1. The van der Waals surface area contributed by atoms with Gasteiger partial charge in [-0.1, -0.05) is 12.1 Å². The van der Waals surface area contributed by atoms with Gasteiger partial charge in [-0.2, -0.15) is 13.2 Å². The Morgan fingerprint density at radius 3 is 2.30 bits per heavy atom. The molecule has 1 aromatic carbocycles. The van der Waals surface area contributed by atoms with E-state index >= 15 is 0 Å². The van der Waals surface area contributed by atoms with E-state index in [1.807, 2.05) is 0 Å². The molecule has 214 valence electrons. The lowest BCUT2D eigenvalue weighted by Gasteiger charge is -2.31. The number of carbonyl (C=O) groups is 2. The number of rotatable bonds is 7. The number of hydrogen-bond donors (Lipinski definition) is 0. The number of halogens is 3. The van der Waals surface area contributed by atoms with E-state index in [2.05, 4.69) is 9.72 Å². The number of aryl methyl sites for hydroxylation is 2. The summed E-state index contributed by atoms with van der Waals surface area (Å²) in [5.41, 5.74) is 0.677. The number of alkyl halides is 3. The molecular weight excluding hydrogens is 553 g/mol. The SMILES string of the molecule is Cc1cc(C(=O)N2CCC(COc3cnc(-c4ccc(S(C)(=O)=O)cc4)c(OC(=O)C(F)(F)F)c3)CC2)c(C)o1. The van der Waals surface area contributed by atoms with Crippen LogP contribution in [0.25, 0.3) is 11.3 Å². The van der Waals surface area contributed by atoms with E-state index in [1.165, 1.54) is 30.5 Å². The number of piperidine rings is 1. The van der Waals surface area contributed by atoms with Crippen molar-refractivity contribution < 1.29 is 45.1 Å². The average molecular weight is 581 g/mol. The van der Waals surface area contributed by atoms with E-state index < -0.39 is 27.7 Å². The molecule has 0 unspecified atom stereocenters. The normalized spacial score (nSPS) is 14.7. The Balaban J connectivity index is 1.45. The minimum Gasteiger partial charge on any atom is -0.492 e. The second-order valence-corrected chi connectivity index (χ2v) is 11.6. The molecule has 0 spiro atoms. The van der Waals surface area contributed by atoms with E-state index in [1.54, 1.807) is 24.8 Å². The van der Waals surface area contributed by atoms with Crippen molar-refractivity contribution in [1.29, 1.82) is 0 Å². The van der Waals surface area contributed by atoms with Crippen LogP contribution in [-0.2, 0) is 14.6 Å². The molecule has 13 heteroatoms. The summed E-state index contributed by atoms with van der Waals surface area (Å²) in [4.78, 5) is 30.3. The molecule has 1 amide bonds. The molecule has 1 aliphatic heterocycles. The Labute approximate surface area is 228 Å². The molecule has 9 nitrogen and oxygen atoms in total. The second kappa shape index (κ2) is 11.3. The first-order valence-corrected chi connectivity index (χ1v) is 14.2. The Bertz CT molecular complexity index is 1510. The Morgan fingerprint density at radius 2 is 1.75 bits per heavy atom. The fourth-order valence-corrected chi connectivity index (χ4v) is 4.98. The smallest absolute Gasteiger partial charge is 0.491 e. The number of benzene rings is 1. The summed E-state index contributed by atoms with van der Waals surface area (Å²) in [6, 6.07) is 8.11. The molecule has 4 rings (SSSR count). The highest BCUT2D eigenvalue weighted by Gasteiger charge is 2.42. The summed E-state index contributed by atoms with van der Waals surface area (Å²) in [5.74, 6) is -1.63. The molecule has 3 aromatic rings. The van der Waals surface area contributed by atoms with Crippen LogP contribution in [-0.4, -0.2) is 62.3 Å². The topological polar surface area (TPSA) is 116 Å². The van der Waals surface area contributed by atoms with Crippen molar-refractivity contribution in [2.24, 2.45) is 5.92 Å². The standard InChI is InChI=1S/C27H27F3N2O7S/c1-16-12-22(17(2)38-16)25(33)32-10-8-18(9-11-32)15-37-20-13-23(39-26(34)27(28,29)30)24(31-14-20)19-4-6-21(7-5-19)40(3,35)36/h4-7,12-14,18H,8-11,15H2,1-3H3. The summed E-state index contributed by atoms with van der Waals surface area (Å²) >= 11 is 0. The van der Waals surface area contributed by atoms with E-state index in [4.69, 9.17) is 9.15 Å². The molecule has 1 saturated heterocycles. The van der Waals surface area contributed by atoms with Gasteiger partial charge < -0.3 is 18.8 Å². The molecule has 0 aliphatic carbocycles. The van der Waals surface area contributed by atoms with E-state index in [-0.39, 0.29) is 40.3 Å². The molecule has 1 fully saturated rings. The number of aromatic nitrogens is 1. The van der Waals surface area contributed by atoms with Crippen LogP contribution in [0.5, 0.6) is 11.5 Å². The third-order valence-electron chi connectivity index (χ3n) is 6.48. The molecule has 0 bridgehead atoms. The van der Waals surface area contributed by atoms with Gasteiger partial charge in [-0.3, -0.25) is 4.79 Å². The highest BCUT2D eigenvalue weighted by molar-refractivity contribution is 7.90. The number of esters is 1. The summed E-state index contributed by atoms with van der Waals surface area (Å²) in [6.07, 6.45) is -1.64. The molecule has 0 atom stereocenters. The predicted molar refractivity (Wildman–Crippen MR) is 137 cm³/mol. The lowest BCUT2D eigenvalue weighted by atomic mass is 9.97. The van der Waals surface area contributed by atoms with Gasteiger partial charge >= 0.3 is 12.1 Å². The second-order valence-electron chi connectivity index (χ2n) is 9.58. The van der Waals surface area contributed by atoms with Gasteiger partial charge in [0, 0.05) is 31.0 Å². The number of ether oxygens (including phenoxy) is 2. The molecular formula is C27H27F3N2O7S. The molecule has 1 aliphatic rings. The summed E-state index contributed by atoms with van der Waals surface area (Å²) in [5, 5.41) is 0. The molecule has 2 aromatic heterocycles. The summed E-state index contributed by atoms with van der Waals surface area (Å²) in [7, 11) is -3.50. The van der Waals surface area contributed by atoms with Gasteiger partial charge in [0.05, 0.1) is 23.3 Å². The number of carbonyl (C=O) groups excluding carboxylic acids is 2. The van der Waals surface area contributed by atoms with Crippen molar-refractivity contribution in [3.8, 4) is 22.8 Å². The fourth-order valence-electron chi connectivity index (χ4n) is 4.35. The third-order valence-corrected chi connectivity index (χ3v) is 7.60. The first-order chi connectivity index (χ1) is 18.7. The molecule has 3 heterocycles. The van der Waals surface area contributed by atoms with Gasteiger partial charge in [0.15, 0.2) is 15.6 Å². The number of hydrogen-bond acceptors (Lipinski definition) is 8. The number of nitrogens with zero attached hydrogens (tertiary/aromatic N) is 2. The highest BCUT2D eigenvalue weighted by Crippen LogP contribution is 2.34. The van der Waals surface area contributed by atoms with Gasteiger partial charge in [0.25, 0.3) is 5.91 Å². The van der Waals surface area contributed by atoms with Crippen molar-refractivity contribution >= 4 is 21.7 Å². The average Bonchev–Trinajstić information content (AvgIpc) is 3.24. The van der Waals surface area contributed by atoms with Gasteiger partial charge in [-0.25, -0.2) is 18.2 Å². The molecule has 0 radical (unpaired) electrons. The van der Waals surface area contributed by atoms with E-state index in [0.29, 0.717) is 43.0 Å². The lowest BCUT2D eigenvalue weighted by Crippen LogP contribution is -2.39. The Hall–Kier alpha value is -3.87. The largest absolute Gasteiger partial charge is 0.492 e. The van der Waals surface area contributed by atoms with E-state index in [9.17, 15) is 31.2 Å². The number of sulfone groups is 1. The zero-order valence-corrected chi connectivity index (χ0v) is 22.8. The summed E-state index contributed by atoms with van der Waals surface area (Å²) in [6.45, 7) is 4.74. The maximum Gasteiger partial charge on any atom is 0.491 e. The zero-order valence-electron chi connectivity index (χ0n) is 21.9. The maximum atomic E-state index is 12.9. The summed E-state index contributed by atoms with van der Waals surface area (Å²) < 4.78 is 78.1. The predicted octanol–water partition coefficient (Wildman–Crippen LogP) is 4.76. The van der Waals surface area contributed by atoms with Crippen LogP contribution in [0.15, 0.2) is 51.9 Å². The van der Waals surface area contributed by atoms with Gasteiger partial charge in [0.1, 0.15) is 23.0 Å². The van der Waals surface area contributed by atoms with Gasteiger partial charge in [-0.15, -0.1) is 0 Å². The van der Waals surface area contributed by atoms with Crippen LogP contribution in [0.3, 0.4) is 0 Å². The first kappa shape index (κ1) is 29.1. The number of pyridine rings is 1. The van der Waals surface area contributed by atoms with Gasteiger partial charge in [-0.05, 0) is 50.8 Å². The Kier molecular flexibility index (Phi) is 8.24. The van der Waals surface area contributed by atoms with E-state index in [0.717, 1.165) is 12.3 Å². The molecule has 0 saturated carbocycles. The number of likely N-dealkylation sites (tertiary alicyclic amines) is 1. The van der Waals surface area contributed by atoms with Crippen LogP contribution in [0.1, 0.15) is 34.7 Å². The van der Waals surface area contributed by atoms with Gasteiger partial charge in [0.2, 0.25) is 0 Å². The monoisotopic (exact) mass is 580 g/mol. The molecule has 0 N–H and O–H groups in total. The fraction of sp³-hybridized carbons (Fsp3) is 0.370. The quantitative estimate of drug-likeness (QED) is 0.368. The van der Waals surface area contributed by atoms with Crippen LogP contribution >= 0.6 is 0 Å². The maximum absolute atomic E-state index is 12.9. The first-order valence-electron chi connectivity index (χ1n) is 12.3. The Morgan fingerprint density at radius 1 is 1.10 bits per heavy atom.